The number of carboxylic acids is 1. The minimum atomic E-state index is -0.799. The van der Waals surface area contributed by atoms with E-state index in [0.29, 0.717) is 17.4 Å². The highest BCUT2D eigenvalue weighted by atomic mass is 16.4. The fraction of sp³-hybridized carbons (Fsp3) is 0.700. The molecule has 12 heavy (non-hydrogen) atoms. The van der Waals surface area contributed by atoms with E-state index in [4.69, 9.17) is 5.11 Å². The first kappa shape index (κ1) is 7.84. The van der Waals surface area contributed by atoms with Crippen LogP contribution in [0.15, 0.2) is 12.2 Å². The average molecular weight is 166 g/mol. The summed E-state index contributed by atoms with van der Waals surface area (Å²) >= 11 is 0. The number of hydrogen-bond donors (Lipinski definition) is 1. The van der Waals surface area contributed by atoms with Crippen molar-refractivity contribution in [3.8, 4) is 0 Å². The van der Waals surface area contributed by atoms with E-state index in [-0.39, 0.29) is 0 Å². The lowest BCUT2D eigenvalue weighted by atomic mass is 9.84. The van der Waals surface area contributed by atoms with Crippen molar-refractivity contribution in [2.45, 2.75) is 25.7 Å². The summed E-state index contributed by atoms with van der Waals surface area (Å²) in [5.41, 5.74) is 0.446. The Hall–Kier alpha value is -0.790. The summed E-state index contributed by atoms with van der Waals surface area (Å²) in [6.07, 6.45) is 4.86. The minimum absolute atomic E-state index is 0.293. The van der Waals surface area contributed by atoms with Crippen LogP contribution in [0.4, 0.5) is 0 Å². The Bertz CT molecular complexity index is 232. The predicted molar refractivity (Wildman–Crippen MR) is 45.7 cm³/mol. The molecule has 3 atom stereocenters. The molecule has 0 spiro atoms. The highest BCUT2D eigenvalue weighted by Crippen LogP contribution is 2.50. The first-order valence-electron chi connectivity index (χ1n) is 4.60. The second-order valence-corrected chi connectivity index (χ2v) is 4.11. The van der Waals surface area contributed by atoms with Crippen molar-refractivity contribution in [2.75, 3.05) is 0 Å². The van der Waals surface area contributed by atoms with Crippen LogP contribution < -0.4 is 0 Å². The minimum Gasteiger partial charge on any atom is -0.478 e. The van der Waals surface area contributed by atoms with Crippen LogP contribution in [0.2, 0.25) is 0 Å². The van der Waals surface area contributed by atoms with Crippen molar-refractivity contribution in [3.05, 3.63) is 12.2 Å². The topological polar surface area (TPSA) is 37.3 Å². The van der Waals surface area contributed by atoms with E-state index in [2.05, 4.69) is 6.58 Å². The van der Waals surface area contributed by atoms with E-state index < -0.39 is 5.97 Å². The number of hydrogen-bond acceptors (Lipinski definition) is 1. The van der Waals surface area contributed by atoms with Crippen LogP contribution in [0.25, 0.3) is 0 Å². The molecule has 2 nitrogen and oxygen atoms in total. The largest absolute Gasteiger partial charge is 0.478 e. The van der Waals surface area contributed by atoms with Gasteiger partial charge in [0.15, 0.2) is 0 Å². The van der Waals surface area contributed by atoms with E-state index in [0.717, 1.165) is 12.3 Å². The maximum absolute atomic E-state index is 10.7. The molecule has 2 fully saturated rings. The molecule has 1 N–H and O–H groups in total. The van der Waals surface area contributed by atoms with Crippen LogP contribution in [0.1, 0.15) is 25.7 Å². The lowest BCUT2D eigenvalue weighted by Gasteiger charge is -2.21. The van der Waals surface area contributed by atoms with Crippen molar-refractivity contribution in [3.63, 3.8) is 0 Å². The third-order valence-electron chi connectivity index (χ3n) is 3.46. The highest BCUT2D eigenvalue weighted by Gasteiger charge is 2.41. The Morgan fingerprint density at radius 2 is 2.08 bits per heavy atom. The first-order valence-corrected chi connectivity index (χ1v) is 4.60. The molecule has 2 heteroatoms. The molecule has 3 unspecified atom stereocenters. The van der Waals surface area contributed by atoms with Gasteiger partial charge in [-0.1, -0.05) is 13.0 Å². The molecular formula is C10H14O2. The lowest BCUT2D eigenvalue weighted by molar-refractivity contribution is -0.133. The molecule has 2 saturated carbocycles. The average Bonchev–Trinajstić information content (AvgIpc) is 2.62. The number of carbonyl (C=O) groups is 1. The zero-order chi connectivity index (χ0) is 8.72. The van der Waals surface area contributed by atoms with Gasteiger partial charge >= 0.3 is 5.97 Å². The van der Waals surface area contributed by atoms with Crippen molar-refractivity contribution < 1.29 is 9.90 Å². The van der Waals surface area contributed by atoms with Crippen LogP contribution in [-0.2, 0) is 4.79 Å². The Kier molecular flexibility index (Phi) is 1.71. The van der Waals surface area contributed by atoms with Crippen LogP contribution in [-0.4, -0.2) is 11.1 Å². The molecule has 0 aromatic heterocycles. The van der Waals surface area contributed by atoms with Crippen LogP contribution in [0.5, 0.6) is 0 Å². The van der Waals surface area contributed by atoms with Gasteiger partial charge in [0.2, 0.25) is 0 Å². The van der Waals surface area contributed by atoms with Gasteiger partial charge in [0.05, 0.1) is 0 Å². The van der Waals surface area contributed by atoms with E-state index in [1.54, 1.807) is 0 Å². The first-order chi connectivity index (χ1) is 5.68. The fourth-order valence-corrected chi connectivity index (χ4v) is 2.83. The van der Waals surface area contributed by atoms with Crippen LogP contribution >= 0.6 is 0 Å². The predicted octanol–water partition coefficient (Wildman–Crippen LogP) is 2.06. The summed E-state index contributed by atoms with van der Waals surface area (Å²) in [5, 5.41) is 8.77. The molecule has 66 valence electrons. The van der Waals surface area contributed by atoms with Gasteiger partial charge in [0, 0.05) is 5.57 Å². The second-order valence-electron chi connectivity index (χ2n) is 4.11. The molecule has 0 aromatic rings. The zero-order valence-electron chi connectivity index (χ0n) is 7.12. The van der Waals surface area contributed by atoms with Gasteiger partial charge in [-0.2, -0.15) is 0 Å². The maximum atomic E-state index is 10.7. The summed E-state index contributed by atoms with van der Waals surface area (Å²) in [7, 11) is 0. The van der Waals surface area contributed by atoms with Gasteiger partial charge in [0.1, 0.15) is 0 Å². The molecule has 2 aliphatic rings. The van der Waals surface area contributed by atoms with Crippen molar-refractivity contribution in [2.24, 2.45) is 17.8 Å². The van der Waals surface area contributed by atoms with Crippen LogP contribution in [0.3, 0.4) is 0 Å². The number of carboxylic acid groups (broad SMARTS) is 1. The third kappa shape index (κ3) is 1.06. The molecule has 2 bridgehead atoms. The second kappa shape index (κ2) is 2.61. The molecule has 2 rings (SSSR count). The molecule has 0 amide bonds. The van der Waals surface area contributed by atoms with Gasteiger partial charge in [-0.25, -0.2) is 4.79 Å². The standard InChI is InChI=1S/C10H14O2/c1-6(10(11)12)9-5-7-2-3-8(9)4-7/h7-9H,1-5H2,(H,11,12). The monoisotopic (exact) mass is 166 g/mol. The van der Waals surface area contributed by atoms with Gasteiger partial charge in [-0.3, -0.25) is 0 Å². The summed E-state index contributed by atoms with van der Waals surface area (Å²) in [6.45, 7) is 3.66. The summed E-state index contributed by atoms with van der Waals surface area (Å²) in [6, 6.07) is 0. The molecule has 0 heterocycles. The van der Waals surface area contributed by atoms with E-state index >= 15 is 0 Å². The molecule has 0 saturated heterocycles. The van der Waals surface area contributed by atoms with E-state index in [9.17, 15) is 4.79 Å². The SMILES string of the molecule is C=C(C(=O)O)C1CC2CCC1C2. The smallest absolute Gasteiger partial charge is 0.331 e. The quantitative estimate of drug-likeness (QED) is 0.637. The third-order valence-corrected chi connectivity index (χ3v) is 3.46. The molecule has 0 radical (unpaired) electrons. The Balaban J connectivity index is 2.07. The Labute approximate surface area is 72.3 Å². The summed E-state index contributed by atoms with van der Waals surface area (Å²) in [5.74, 6) is 0.934. The summed E-state index contributed by atoms with van der Waals surface area (Å²) in [4.78, 5) is 10.7. The highest BCUT2D eigenvalue weighted by molar-refractivity contribution is 5.86. The van der Waals surface area contributed by atoms with Gasteiger partial charge < -0.3 is 5.11 Å². The molecule has 2 aliphatic carbocycles. The Morgan fingerprint density at radius 3 is 2.50 bits per heavy atom. The van der Waals surface area contributed by atoms with Gasteiger partial charge in [0.25, 0.3) is 0 Å². The van der Waals surface area contributed by atoms with Gasteiger partial charge in [-0.05, 0) is 37.0 Å². The molecular weight excluding hydrogens is 152 g/mol. The van der Waals surface area contributed by atoms with Crippen molar-refractivity contribution in [1.29, 1.82) is 0 Å². The summed E-state index contributed by atoms with van der Waals surface area (Å²) < 4.78 is 0. The van der Waals surface area contributed by atoms with E-state index in [1.807, 2.05) is 0 Å². The van der Waals surface area contributed by atoms with Crippen molar-refractivity contribution in [1.82, 2.24) is 0 Å². The number of rotatable bonds is 2. The van der Waals surface area contributed by atoms with Crippen molar-refractivity contribution >= 4 is 5.97 Å². The molecule has 0 aliphatic heterocycles. The number of fused-ring (bicyclic) bond motifs is 2. The maximum Gasteiger partial charge on any atom is 0.331 e. The Morgan fingerprint density at radius 1 is 1.33 bits per heavy atom. The van der Waals surface area contributed by atoms with E-state index in [1.165, 1.54) is 19.3 Å². The normalized spacial score (nSPS) is 38.5. The zero-order valence-corrected chi connectivity index (χ0v) is 7.12. The fourth-order valence-electron chi connectivity index (χ4n) is 2.83. The van der Waals surface area contributed by atoms with Crippen LogP contribution in [0, 0.1) is 17.8 Å². The molecule has 0 aromatic carbocycles. The lowest BCUT2D eigenvalue weighted by Crippen LogP contribution is -2.17. The number of aliphatic carboxylic acids is 1. The van der Waals surface area contributed by atoms with Gasteiger partial charge in [-0.15, -0.1) is 0 Å².